The van der Waals surface area contributed by atoms with E-state index in [4.69, 9.17) is 16.8 Å². The predicted molar refractivity (Wildman–Crippen MR) is 37.6 cm³/mol. The molecule has 11 heavy (non-hydrogen) atoms. The highest BCUT2D eigenvalue weighted by atomic mass is 16.3. The lowest BCUT2D eigenvalue weighted by atomic mass is 10.6. The Balaban J connectivity index is 2.37. The van der Waals surface area contributed by atoms with Gasteiger partial charge < -0.3 is 5.11 Å². The summed E-state index contributed by atoms with van der Waals surface area (Å²) in [5, 5.41) is 17.2. The maximum absolute atomic E-state index is 9.06. The molecule has 0 aromatic heterocycles. The average Bonchev–Trinajstić information content (AvgIpc) is 2.03. The van der Waals surface area contributed by atoms with Crippen LogP contribution in [-0.4, -0.2) is 24.0 Å². The molecule has 0 aliphatic carbocycles. The number of hydrazine groups is 2. The minimum absolute atomic E-state index is 0.382. The van der Waals surface area contributed by atoms with Crippen LogP contribution < -0.4 is 38.5 Å². The predicted octanol–water partition coefficient (Wildman–Crippen LogP) is -4.46. The van der Waals surface area contributed by atoms with E-state index in [0.717, 1.165) is 0 Å². The molecule has 0 spiro atoms. The van der Waals surface area contributed by atoms with Crippen LogP contribution in [0.5, 0.6) is 0 Å². The standard InChI is InChI=1S/C3H13N7O/c4-9-1-6-2(10-5)8-3(11)7-1/h1-3,6-11H,4-5H2. The van der Waals surface area contributed by atoms with Crippen molar-refractivity contribution in [3.05, 3.63) is 0 Å². The van der Waals surface area contributed by atoms with Crippen LogP contribution in [-0.2, 0) is 0 Å². The average molecular weight is 163 g/mol. The number of nitrogens with one attached hydrogen (secondary N) is 5. The molecule has 2 unspecified atom stereocenters. The van der Waals surface area contributed by atoms with Gasteiger partial charge in [0.1, 0.15) is 12.6 Å². The number of aliphatic hydroxyl groups is 1. The third-order valence-corrected chi connectivity index (χ3v) is 1.32. The van der Waals surface area contributed by atoms with Crippen LogP contribution in [0.15, 0.2) is 0 Å². The Kier molecular flexibility index (Phi) is 3.11. The summed E-state index contributed by atoms with van der Waals surface area (Å²) in [6, 6.07) is 0. The maximum Gasteiger partial charge on any atom is 0.164 e. The van der Waals surface area contributed by atoms with Crippen LogP contribution in [0.2, 0.25) is 0 Å². The lowest BCUT2D eigenvalue weighted by molar-refractivity contribution is 0.0112. The van der Waals surface area contributed by atoms with Crippen molar-refractivity contribution in [2.75, 3.05) is 0 Å². The van der Waals surface area contributed by atoms with Crippen molar-refractivity contribution in [1.29, 1.82) is 0 Å². The summed E-state index contributed by atoms with van der Waals surface area (Å²) in [4.78, 5) is 0. The van der Waals surface area contributed by atoms with Gasteiger partial charge in [-0.2, -0.15) is 0 Å². The quantitative estimate of drug-likeness (QED) is 0.151. The van der Waals surface area contributed by atoms with E-state index in [2.05, 4.69) is 26.8 Å². The molecule has 1 rings (SSSR count). The second-order valence-electron chi connectivity index (χ2n) is 2.10. The smallest absolute Gasteiger partial charge is 0.164 e. The lowest BCUT2D eigenvalue weighted by Gasteiger charge is -2.35. The first-order valence-corrected chi connectivity index (χ1v) is 3.14. The molecule has 0 aromatic rings. The van der Waals surface area contributed by atoms with Crippen molar-refractivity contribution in [2.24, 2.45) is 11.7 Å². The minimum Gasteiger partial charge on any atom is -0.365 e. The van der Waals surface area contributed by atoms with Gasteiger partial charge in [-0.15, -0.1) is 0 Å². The molecule has 8 heteroatoms. The molecule has 1 aliphatic rings. The second kappa shape index (κ2) is 3.90. The van der Waals surface area contributed by atoms with Crippen LogP contribution in [0.3, 0.4) is 0 Å². The number of rotatable bonds is 2. The van der Waals surface area contributed by atoms with E-state index in [9.17, 15) is 0 Å². The van der Waals surface area contributed by atoms with Gasteiger partial charge in [-0.1, -0.05) is 0 Å². The van der Waals surface area contributed by atoms with Gasteiger partial charge in [0, 0.05) is 0 Å². The SMILES string of the molecule is NNC1NC(O)NC(NN)N1. The summed E-state index contributed by atoms with van der Waals surface area (Å²) in [6.45, 7) is 0. The number of hydrogen-bond donors (Lipinski definition) is 8. The van der Waals surface area contributed by atoms with E-state index in [0.29, 0.717) is 0 Å². The van der Waals surface area contributed by atoms with Crippen molar-refractivity contribution in [3.63, 3.8) is 0 Å². The van der Waals surface area contributed by atoms with Gasteiger partial charge in [-0.25, -0.2) is 10.9 Å². The van der Waals surface area contributed by atoms with E-state index in [1.807, 2.05) is 0 Å². The Morgan fingerprint density at radius 3 is 1.82 bits per heavy atom. The molecule has 10 N–H and O–H groups in total. The third kappa shape index (κ3) is 2.32. The fourth-order valence-electron chi connectivity index (χ4n) is 0.819. The maximum atomic E-state index is 9.06. The number of aliphatic hydroxyl groups excluding tert-OH is 1. The monoisotopic (exact) mass is 163 g/mol. The van der Waals surface area contributed by atoms with Gasteiger partial charge in [0.15, 0.2) is 6.35 Å². The zero-order valence-corrected chi connectivity index (χ0v) is 5.83. The highest BCUT2D eigenvalue weighted by Crippen LogP contribution is 1.84. The molecule has 1 heterocycles. The molecule has 66 valence electrons. The van der Waals surface area contributed by atoms with Gasteiger partial charge in [0.2, 0.25) is 0 Å². The molecule has 1 saturated heterocycles. The summed E-state index contributed by atoms with van der Waals surface area (Å²) < 4.78 is 0. The van der Waals surface area contributed by atoms with Crippen LogP contribution in [0.25, 0.3) is 0 Å². The fraction of sp³-hybridized carbons (Fsp3) is 1.00. The number of nitrogens with two attached hydrogens (primary N) is 2. The normalized spacial score (nSPS) is 39.0. The van der Waals surface area contributed by atoms with Crippen LogP contribution >= 0.6 is 0 Å². The molecular weight excluding hydrogens is 150 g/mol. The molecule has 1 aliphatic heterocycles. The fourth-order valence-corrected chi connectivity index (χ4v) is 0.819. The molecular formula is C3H13N7O. The molecule has 0 amide bonds. The first-order valence-electron chi connectivity index (χ1n) is 3.14. The van der Waals surface area contributed by atoms with Gasteiger partial charge in [-0.3, -0.25) is 27.6 Å². The van der Waals surface area contributed by atoms with Crippen molar-refractivity contribution < 1.29 is 5.11 Å². The highest BCUT2D eigenvalue weighted by Gasteiger charge is 2.22. The van der Waals surface area contributed by atoms with Crippen molar-refractivity contribution in [3.8, 4) is 0 Å². The Bertz CT molecular complexity index is 108. The highest BCUT2D eigenvalue weighted by molar-refractivity contribution is 4.72. The Labute approximate surface area is 63.6 Å². The van der Waals surface area contributed by atoms with E-state index in [1.54, 1.807) is 0 Å². The van der Waals surface area contributed by atoms with Crippen molar-refractivity contribution in [2.45, 2.75) is 18.9 Å². The third-order valence-electron chi connectivity index (χ3n) is 1.32. The van der Waals surface area contributed by atoms with Crippen LogP contribution in [0.1, 0.15) is 0 Å². The Hall–Kier alpha value is -0.320. The van der Waals surface area contributed by atoms with Crippen molar-refractivity contribution >= 4 is 0 Å². The number of hydrogen-bond acceptors (Lipinski definition) is 8. The minimum atomic E-state index is -0.849. The van der Waals surface area contributed by atoms with E-state index < -0.39 is 6.35 Å². The first kappa shape index (κ1) is 8.77. The molecule has 1 fully saturated rings. The molecule has 8 nitrogen and oxygen atoms in total. The summed E-state index contributed by atoms with van der Waals surface area (Å²) in [6.07, 6.45) is -1.61. The van der Waals surface area contributed by atoms with Gasteiger partial charge in [-0.05, 0) is 0 Å². The lowest BCUT2D eigenvalue weighted by Crippen LogP contribution is -2.76. The Morgan fingerprint density at radius 1 is 1.00 bits per heavy atom. The summed E-state index contributed by atoms with van der Waals surface area (Å²) in [7, 11) is 0. The van der Waals surface area contributed by atoms with Crippen molar-refractivity contribution in [1.82, 2.24) is 26.8 Å². The molecule has 0 saturated carbocycles. The summed E-state index contributed by atoms with van der Waals surface area (Å²) in [5.41, 5.74) is 4.76. The first-order chi connectivity index (χ1) is 5.26. The van der Waals surface area contributed by atoms with E-state index in [1.165, 1.54) is 0 Å². The Morgan fingerprint density at radius 2 is 1.45 bits per heavy atom. The molecule has 2 atom stereocenters. The zero-order chi connectivity index (χ0) is 8.27. The van der Waals surface area contributed by atoms with Crippen LogP contribution in [0, 0.1) is 0 Å². The van der Waals surface area contributed by atoms with E-state index >= 15 is 0 Å². The largest absolute Gasteiger partial charge is 0.365 e. The topological polar surface area (TPSA) is 132 Å². The molecule has 0 radical (unpaired) electrons. The molecule has 0 bridgehead atoms. The van der Waals surface area contributed by atoms with Gasteiger partial charge in [0.25, 0.3) is 0 Å². The summed E-state index contributed by atoms with van der Waals surface area (Å²) in [5.74, 6) is 10.2. The van der Waals surface area contributed by atoms with Gasteiger partial charge in [0.05, 0.1) is 0 Å². The van der Waals surface area contributed by atoms with Crippen LogP contribution in [0.4, 0.5) is 0 Å². The van der Waals surface area contributed by atoms with E-state index in [-0.39, 0.29) is 12.6 Å². The summed E-state index contributed by atoms with van der Waals surface area (Å²) >= 11 is 0. The zero-order valence-electron chi connectivity index (χ0n) is 5.83. The molecule has 0 aromatic carbocycles. The second-order valence-corrected chi connectivity index (χ2v) is 2.10. The van der Waals surface area contributed by atoms with Gasteiger partial charge >= 0.3 is 0 Å².